The molecule has 0 bridgehead atoms. The predicted octanol–water partition coefficient (Wildman–Crippen LogP) is 6.76. The molecule has 2 heterocycles. The number of thiophene rings is 1. The smallest absolute Gasteiger partial charge is 0.220 e. The summed E-state index contributed by atoms with van der Waals surface area (Å²) in [5.41, 5.74) is 16.4. The fraction of sp³-hybridized carbons (Fsp3) is 0.300. The topological polar surface area (TPSA) is 84.8 Å². The van der Waals surface area contributed by atoms with Crippen molar-refractivity contribution in [1.82, 2.24) is 4.90 Å². The Morgan fingerprint density at radius 3 is 2.58 bits per heavy atom. The van der Waals surface area contributed by atoms with E-state index in [0.717, 1.165) is 59.2 Å². The fourth-order valence-electron chi connectivity index (χ4n) is 4.80. The number of benzene rings is 2. The molecule has 1 aliphatic rings. The molecule has 6 nitrogen and oxygen atoms in total. The van der Waals surface area contributed by atoms with Gasteiger partial charge in [-0.15, -0.1) is 11.3 Å². The molecule has 3 aromatic rings. The number of aryl methyl sites for hydroxylation is 1. The average molecular weight is 551 g/mol. The number of nitrogens with zero attached hydrogens (tertiary/aromatic N) is 2. The van der Waals surface area contributed by atoms with Crippen LogP contribution in [0.1, 0.15) is 47.4 Å². The monoisotopic (exact) mass is 550 g/mol. The third-order valence-electron chi connectivity index (χ3n) is 6.97. The van der Waals surface area contributed by atoms with E-state index in [1.165, 1.54) is 16.9 Å². The maximum absolute atomic E-state index is 11.5. The lowest BCUT2D eigenvalue weighted by molar-refractivity contribution is -0.123. The highest BCUT2D eigenvalue weighted by Gasteiger charge is 2.24. The van der Waals surface area contributed by atoms with E-state index >= 15 is 0 Å². The van der Waals surface area contributed by atoms with Crippen LogP contribution in [-0.4, -0.2) is 23.9 Å². The summed E-state index contributed by atoms with van der Waals surface area (Å²) in [5.74, 6) is 0.449. The van der Waals surface area contributed by atoms with Gasteiger partial charge in [0.1, 0.15) is 16.9 Å². The van der Waals surface area contributed by atoms with Crippen molar-refractivity contribution in [1.29, 1.82) is 0 Å². The first-order chi connectivity index (χ1) is 18.2. The van der Waals surface area contributed by atoms with Crippen molar-refractivity contribution in [2.45, 2.75) is 39.3 Å². The van der Waals surface area contributed by atoms with Gasteiger partial charge in [0.15, 0.2) is 0 Å². The number of hydrogen-bond acceptors (Lipinski definition) is 6. The zero-order valence-corrected chi connectivity index (χ0v) is 23.5. The average Bonchev–Trinajstić information content (AvgIpc) is 3.30. The summed E-state index contributed by atoms with van der Waals surface area (Å²) in [7, 11) is 0. The summed E-state index contributed by atoms with van der Waals surface area (Å²) in [6, 6.07) is 16.1. The number of carbonyl (C=O) groups is 1. The van der Waals surface area contributed by atoms with Crippen LogP contribution in [0.5, 0.6) is 5.75 Å². The van der Waals surface area contributed by atoms with Gasteiger partial charge in [0.05, 0.1) is 4.88 Å². The highest BCUT2D eigenvalue weighted by molar-refractivity contribution is 7.17. The number of likely N-dealkylation sites (tertiary alicyclic amines) is 1. The molecule has 0 radical (unpaired) electrons. The maximum atomic E-state index is 11.5. The highest BCUT2D eigenvalue weighted by Crippen LogP contribution is 2.43. The first-order valence-corrected chi connectivity index (χ1v) is 13.9. The minimum Gasteiger partial charge on any atom is -0.484 e. The zero-order valence-electron chi connectivity index (χ0n) is 22.0. The summed E-state index contributed by atoms with van der Waals surface area (Å²) < 4.78 is 6.35. The molecule has 0 unspecified atom stereocenters. The number of carbonyl (C=O) groups excluding carboxylic acids is 1. The van der Waals surface area contributed by atoms with Crippen molar-refractivity contribution in [3.63, 3.8) is 0 Å². The van der Waals surface area contributed by atoms with Gasteiger partial charge in [0.25, 0.3) is 0 Å². The van der Waals surface area contributed by atoms with E-state index in [0.29, 0.717) is 16.5 Å². The Morgan fingerprint density at radius 1 is 1.24 bits per heavy atom. The third-order valence-corrected chi connectivity index (χ3v) is 8.51. The van der Waals surface area contributed by atoms with E-state index < -0.39 is 0 Å². The van der Waals surface area contributed by atoms with Gasteiger partial charge in [0, 0.05) is 46.7 Å². The number of primary amides is 1. The molecule has 200 valence electrons. The van der Waals surface area contributed by atoms with Crippen molar-refractivity contribution < 1.29 is 9.53 Å². The summed E-state index contributed by atoms with van der Waals surface area (Å²) in [6.45, 7) is 14.6. The third kappa shape index (κ3) is 6.23. The Hall–Kier alpha value is -3.26. The second-order valence-corrected chi connectivity index (χ2v) is 11.1. The summed E-state index contributed by atoms with van der Waals surface area (Å²) in [5, 5.41) is 1.58. The van der Waals surface area contributed by atoms with Gasteiger partial charge in [-0.1, -0.05) is 55.1 Å². The minimum absolute atomic E-state index is 0.0153. The van der Waals surface area contributed by atoms with Gasteiger partial charge in [-0.25, -0.2) is 0 Å². The quantitative estimate of drug-likeness (QED) is 0.291. The van der Waals surface area contributed by atoms with E-state index in [2.05, 4.69) is 48.1 Å². The van der Waals surface area contributed by atoms with E-state index in [9.17, 15) is 4.79 Å². The molecule has 4 N–H and O–H groups in total. The Labute approximate surface area is 234 Å². The van der Waals surface area contributed by atoms with Gasteiger partial charge in [-0.05, 0) is 63.0 Å². The van der Waals surface area contributed by atoms with Crippen molar-refractivity contribution in [2.24, 2.45) is 17.4 Å². The zero-order chi connectivity index (χ0) is 27.4. The SMILES string of the molecule is C=CN(c1cc(O[C@H](C)c2ccccc2Cl)c(C(=C)N)s1)c1cc(CN2CCC(C(N)=O)CC2)ccc1C. The molecule has 0 spiro atoms. The predicted molar refractivity (Wildman–Crippen MR) is 159 cm³/mol. The van der Waals surface area contributed by atoms with Gasteiger partial charge in [-0.2, -0.15) is 0 Å². The number of nitrogens with two attached hydrogens (primary N) is 2. The molecule has 38 heavy (non-hydrogen) atoms. The number of amides is 1. The molecule has 1 amide bonds. The lowest BCUT2D eigenvalue weighted by Gasteiger charge is -2.31. The van der Waals surface area contributed by atoms with Crippen LogP contribution in [0.2, 0.25) is 5.02 Å². The van der Waals surface area contributed by atoms with Crippen molar-refractivity contribution in [3.05, 3.63) is 94.5 Å². The number of halogens is 1. The van der Waals surface area contributed by atoms with E-state index in [1.807, 2.05) is 37.3 Å². The molecule has 1 aromatic heterocycles. The Kier molecular flexibility index (Phi) is 8.82. The van der Waals surface area contributed by atoms with Gasteiger partial charge < -0.3 is 21.1 Å². The summed E-state index contributed by atoms with van der Waals surface area (Å²) >= 11 is 7.91. The van der Waals surface area contributed by atoms with Crippen molar-refractivity contribution >= 4 is 45.2 Å². The first-order valence-electron chi connectivity index (χ1n) is 12.7. The number of rotatable bonds is 10. The minimum atomic E-state index is -0.273. The molecule has 1 fully saturated rings. The molecule has 1 atom stereocenters. The van der Waals surface area contributed by atoms with Gasteiger partial charge in [0.2, 0.25) is 5.91 Å². The van der Waals surface area contributed by atoms with Crippen molar-refractivity contribution in [3.8, 4) is 5.75 Å². The van der Waals surface area contributed by atoms with Gasteiger partial charge in [-0.3, -0.25) is 9.69 Å². The number of hydrogen-bond donors (Lipinski definition) is 2. The van der Waals surface area contributed by atoms with Crippen LogP contribution in [0.25, 0.3) is 5.70 Å². The van der Waals surface area contributed by atoms with E-state index in [1.54, 1.807) is 6.20 Å². The van der Waals surface area contributed by atoms with Crippen LogP contribution in [-0.2, 0) is 11.3 Å². The Bertz CT molecular complexity index is 1330. The van der Waals surface area contributed by atoms with Crippen LogP contribution in [0.3, 0.4) is 0 Å². The van der Waals surface area contributed by atoms with Crippen LogP contribution >= 0.6 is 22.9 Å². The van der Waals surface area contributed by atoms with Crippen LogP contribution < -0.4 is 21.1 Å². The lowest BCUT2D eigenvalue weighted by Crippen LogP contribution is -2.38. The number of ether oxygens (including phenoxy) is 1. The molecule has 4 rings (SSSR count). The Balaban J connectivity index is 1.58. The molecule has 2 aromatic carbocycles. The molecule has 1 aliphatic heterocycles. The van der Waals surface area contributed by atoms with Crippen LogP contribution in [0.15, 0.2) is 67.9 Å². The maximum Gasteiger partial charge on any atom is 0.220 e. The highest BCUT2D eigenvalue weighted by atomic mass is 35.5. The standard InChI is InChI=1S/C30H35ClN4O2S/c1-5-35(26-16-22(11-10-19(26)2)18-34-14-12-23(13-15-34)30(33)36)28-17-27(29(38-28)20(3)32)37-21(4)24-8-6-7-9-25(24)31/h5-11,16-17,21,23H,1,3,12-15,18,32H2,2,4H3,(H2,33,36)/t21-/m1/s1. The Morgan fingerprint density at radius 2 is 1.95 bits per heavy atom. The van der Waals surface area contributed by atoms with Crippen LogP contribution in [0, 0.1) is 12.8 Å². The fourth-order valence-corrected chi connectivity index (χ4v) is 6.08. The first kappa shape index (κ1) is 27.8. The van der Waals surface area contributed by atoms with E-state index in [-0.39, 0.29) is 17.9 Å². The summed E-state index contributed by atoms with van der Waals surface area (Å²) in [6.07, 6.45) is 3.15. The molecular weight excluding hydrogens is 516 g/mol. The second kappa shape index (κ2) is 12.1. The van der Waals surface area contributed by atoms with Crippen molar-refractivity contribution in [2.75, 3.05) is 18.0 Å². The van der Waals surface area contributed by atoms with E-state index in [4.69, 9.17) is 27.8 Å². The van der Waals surface area contributed by atoms with Crippen LogP contribution in [0.4, 0.5) is 10.7 Å². The molecular formula is C30H35ClN4O2S. The van der Waals surface area contributed by atoms with Gasteiger partial charge >= 0.3 is 0 Å². The molecule has 1 saturated heterocycles. The lowest BCUT2D eigenvalue weighted by atomic mass is 9.96. The molecule has 0 aliphatic carbocycles. The largest absolute Gasteiger partial charge is 0.484 e. The summed E-state index contributed by atoms with van der Waals surface area (Å²) in [4.78, 5) is 16.7. The number of piperidine rings is 1. The molecule has 0 saturated carbocycles. The normalized spacial score (nSPS) is 15.1. The molecule has 8 heteroatoms. The number of anilines is 2. The second-order valence-electron chi connectivity index (χ2n) is 9.71.